The molecule has 5 heteroatoms. The molecule has 5 atom stereocenters. The first-order valence-corrected chi connectivity index (χ1v) is 8.72. The summed E-state index contributed by atoms with van der Waals surface area (Å²) in [6, 6.07) is 9.97. The molecule has 5 rings (SSSR count). The van der Waals surface area contributed by atoms with Crippen molar-refractivity contribution < 1.29 is 14.3 Å². The third kappa shape index (κ3) is 2.87. The fourth-order valence-electron chi connectivity index (χ4n) is 4.70. The summed E-state index contributed by atoms with van der Waals surface area (Å²) in [7, 11) is 0. The minimum atomic E-state index is -0.315. The lowest BCUT2D eigenvalue weighted by molar-refractivity contribution is -0.159. The number of nitrogens with zero attached hydrogens (tertiary/aromatic N) is 2. The molecule has 126 valence electrons. The van der Waals surface area contributed by atoms with Gasteiger partial charge in [0.15, 0.2) is 6.19 Å². The number of carbonyl (C=O) groups is 1. The Morgan fingerprint density at radius 2 is 2.08 bits per heavy atom. The van der Waals surface area contributed by atoms with Crippen LogP contribution in [0.15, 0.2) is 30.3 Å². The lowest BCUT2D eigenvalue weighted by Crippen LogP contribution is -2.54. The lowest BCUT2D eigenvalue weighted by Gasteiger charge is -2.50. The summed E-state index contributed by atoms with van der Waals surface area (Å²) >= 11 is 0. The Morgan fingerprint density at radius 3 is 2.88 bits per heavy atom. The Kier molecular flexibility index (Phi) is 4.15. The highest BCUT2D eigenvalue weighted by Gasteiger charge is 2.55. The van der Waals surface area contributed by atoms with Crippen LogP contribution in [0.3, 0.4) is 0 Å². The monoisotopic (exact) mass is 326 g/mol. The van der Waals surface area contributed by atoms with Gasteiger partial charge in [0.1, 0.15) is 13.2 Å². The van der Waals surface area contributed by atoms with E-state index in [0.717, 1.165) is 24.9 Å². The predicted molar refractivity (Wildman–Crippen MR) is 86.4 cm³/mol. The first-order chi connectivity index (χ1) is 11.7. The minimum absolute atomic E-state index is 0.00666. The third-order valence-electron chi connectivity index (χ3n) is 5.81. The normalized spacial score (nSPS) is 33.3. The van der Waals surface area contributed by atoms with Crippen LogP contribution in [0.5, 0.6) is 0 Å². The zero-order valence-electron chi connectivity index (χ0n) is 13.6. The van der Waals surface area contributed by atoms with Crippen LogP contribution < -0.4 is 0 Å². The van der Waals surface area contributed by atoms with Gasteiger partial charge in [0.2, 0.25) is 0 Å². The quantitative estimate of drug-likeness (QED) is 0.614. The zero-order valence-corrected chi connectivity index (χ0v) is 13.6. The molecule has 2 saturated heterocycles. The summed E-state index contributed by atoms with van der Waals surface area (Å²) in [5.74, 6) is 1.27. The van der Waals surface area contributed by atoms with E-state index in [2.05, 4.69) is 6.19 Å². The number of benzene rings is 1. The van der Waals surface area contributed by atoms with Gasteiger partial charge in [0, 0.05) is 18.5 Å². The van der Waals surface area contributed by atoms with E-state index in [1.54, 1.807) is 0 Å². The number of rotatable bonds is 5. The van der Waals surface area contributed by atoms with Crippen LogP contribution >= 0.6 is 0 Å². The van der Waals surface area contributed by atoms with E-state index < -0.39 is 0 Å². The largest absolute Gasteiger partial charge is 0.459 e. The molecule has 0 amide bonds. The maximum absolute atomic E-state index is 12.0. The van der Waals surface area contributed by atoms with Gasteiger partial charge in [0.05, 0.1) is 6.10 Å². The van der Waals surface area contributed by atoms with Crippen molar-refractivity contribution in [1.29, 1.82) is 5.26 Å². The SMILES string of the molecule is N#CN1C[C@H]2CC3C[C@H]1[C@H]3[C@@H](OCC(=O)OCc1ccccc1)C2. The van der Waals surface area contributed by atoms with Crippen LogP contribution in [-0.2, 0) is 20.9 Å². The van der Waals surface area contributed by atoms with E-state index in [4.69, 9.17) is 9.47 Å². The molecule has 0 radical (unpaired) electrons. The highest BCUT2D eigenvalue weighted by atomic mass is 16.6. The van der Waals surface area contributed by atoms with Gasteiger partial charge >= 0.3 is 5.97 Å². The molecule has 2 aliphatic heterocycles. The number of esters is 1. The van der Waals surface area contributed by atoms with Gasteiger partial charge in [-0.25, -0.2) is 4.79 Å². The summed E-state index contributed by atoms with van der Waals surface area (Å²) in [6.07, 6.45) is 5.71. The van der Waals surface area contributed by atoms with Crippen molar-refractivity contribution in [3.05, 3.63) is 35.9 Å². The molecule has 1 aromatic carbocycles. The molecule has 0 N–H and O–H groups in total. The number of carbonyl (C=O) groups excluding carboxylic acids is 1. The van der Waals surface area contributed by atoms with Gasteiger partial charge in [-0.1, -0.05) is 30.3 Å². The van der Waals surface area contributed by atoms with Crippen LogP contribution in [0.25, 0.3) is 0 Å². The Hall–Kier alpha value is -2.06. The van der Waals surface area contributed by atoms with Crippen molar-refractivity contribution >= 4 is 5.97 Å². The fourth-order valence-corrected chi connectivity index (χ4v) is 4.70. The first-order valence-electron chi connectivity index (χ1n) is 8.72. The van der Waals surface area contributed by atoms with E-state index in [1.807, 2.05) is 35.2 Å². The molecular formula is C19H22N2O3. The minimum Gasteiger partial charge on any atom is -0.459 e. The maximum Gasteiger partial charge on any atom is 0.332 e. The van der Waals surface area contributed by atoms with Crippen molar-refractivity contribution in [2.45, 2.75) is 38.0 Å². The standard InChI is InChI=1S/C19H22N2O3/c20-12-21-9-14-6-15-8-16(21)19(15)17(7-14)23-11-18(22)24-10-13-4-2-1-3-5-13/h1-5,14-17,19H,6-11H2/t14-,15?,16-,17-,19-/m0/s1. The molecule has 24 heavy (non-hydrogen) atoms. The van der Waals surface area contributed by atoms with Crippen molar-refractivity contribution in [1.82, 2.24) is 4.90 Å². The summed E-state index contributed by atoms with van der Waals surface area (Å²) < 4.78 is 11.2. The summed E-state index contributed by atoms with van der Waals surface area (Å²) in [6.45, 7) is 1.15. The molecule has 5 nitrogen and oxygen atoms in total. The van der Waals surface area contributed by atoms with Gasteiger partial charge in [0.25, 0.3) is 0 Å². The molecule has 4 aliphatic rings. The molecule has 1 aromatic rings. The number of ether oxygens (including phenoxy) is 2. The maximum atomic E-state index is 12.0. The second-order valence-corrected chi connectivity index (χ2v) is 7.23. The molecule has 2 heterocycles. The number of hydrogen-bond acceptors (Lipinski definition) is 5. The van der Waals surface area contributed by atoms with Gasteiger partial charge in [-0.05, 0) is 36.7 Å². The van der Waals surface area contributed by atoms with Gasteiger partial charge < -0.3 is 14.4 Å². The summed E-state index contributed by atoms with van der Waals surface area (Å²) in [5.41, 5.74) is 0.977. The molecule has 0 spiro atoms. The van der Waals surface area contributed by atoms with E-state index in [0.29, 0.717) is 23.8 Å². The van der Waals surface area contributed by atoms with Crippen LogP contribution in [0.1, 0.15) is 24.8 Å². The molecule has 4 fully saturated rings. The fraction of sp³-hybridized carbons (Fsp3) is 0.579. The topological polar surface area (TPSA) is 62.6 Å². The first kappa shape index (κ1) is 15.5. The zero-order chi connectivity index (χ0) is 16.5. The second-order valence-electron chi connectivity index (χ2n) is 7.23. The van der Waals surface area contributed by atoms with E-state index in [9.17, 15) is 10.1 Å². The van der Waals surface area contributed by atoms with E-state index >= 15 is 0 Å². The Labute approximate surface area is 142 Å². The van der Waals surface area contributed by atoms with Crippen molar-refractivity contribution in [3.63, 3.8) is 0 Å². The van der Waals surface area contributed by atoms with Crippen LogP contribution in [-0.4, -0.2) is 36.2 Å². The number of hydrogen-bond donors (Lipinski definition) is 0. The number of fused-ring (bicyclic) bond motifs is 2. The van der Waals surface area contributed by atoms with Crippen molar-refractivity contribution in [3.8, 4) is 6.19 Å². The average molecular weight is 326 g/mol. The molecule has 2 aliphatic carbocycles. The van der Waals surface area contributed by atoms with Gasteiger partial charge in [-0.15, -0.1) is 0 Å². The molecule has 0 aromatic heterocycles. The van der Waals surface area contributed by atoms with E-state index in [-0.39, 0.29) is 25.3 Å². The van der Waals surface area contributed by atoms with Crippen molar-refractivity contribution in [2.75, 3.05) is 13.2 Å². The predicted octanol–water partition coefficient (Wildman–Crippen LogP) is 2.33. The average Bonchev–Trinajstić information content (AvgIpc) is 2.91. The number of nitriles is 1. The summed E-state index contributed by atoms with van der Waals surface area (Å²) in [4.78, 5) is 13.9. The highest BCUT2D eigenvalue weighted by molar-refractivity contribution is 5.70. The Balaban J connectivity index is 1.29. The van der Waals surface area contributed by atoms with E-state index in [1.165, 1.54) is 6.42 Å². The Bertz CT molecular complexity index is 642. The van der Waals surface area contributed by atoms with Gasteiger partial charge in [-0.3, -0.25) is 0 Å². The molecule has 2 saturated carbocycles. The molecule has 4 bridgehead atoms. The van der Waals surface area contributed by atoms with Crippen LogP contribution in [0.4, 0.5) is 0 Å². The highest BCUT2D eigenvalue weighted by Crippen LogP contribution is 2.53. The lowest BCUT2D eigenvalue weighted by atomic mass is 9.60. The molecule has 1 unspecified atom stereocenters. The third-order valence-corrected chi connectivity index (χ3v) is 5.81. The second kappa shape index (κ2) is 6.45. The van der Waals surface area contributed by atoms with Gasteiger partial charge in [-0.2, -0.15) is 5.26 Å². The molecular weight excluding hydrogens is 304 g/mol. The smallest absolute Gasteiger partial charge is 0.332 e. The van der Waals surface area contributed by atoms with Crippen molar-refractivity contribution in [2.24, 2.45) is 17.8 Å². The van der Waals surface area contributed by atoms with Crippen LogP contribution in [0, 0.1) is 29.2 Å². The Morgan fingerprint density at radius 1 is 1.25 bits per heavy atom. The van der Waals surface area contributed by atoms with Crippen LogP contribution in [0.2, 0.25) is 0 Å². The summed E-state index contributed by atoms with van der Waals surface area (Å²) in [5, 5.41) is 9.32.